The van der Waals surface area contributed by atoms with Crippen LogP contribution in [0.15, 0.2) is 53.3 Å². The zero-order valence-corrected chi connectivity index (χ0v) is 18.4. The molecule has 1 saturated heterocycles. The Morgan fingerprint density at radius 1 is 1.35 bits per heavy atom. The third-order valence-corrected chi connectivity index (χ3v) is 8.76. The highest BCUT2D eigenvalue weighted by Gasteiger charge is 2.33. The fraction of sp³-hybridized carbons (Fsp3) is 0.350. The van der Waals surface area contributed by atoms with E-state index in [1.165, 1.54) is 36.4 Å². The zero-order chi connectivity index (χ0) is 22.6. The number of carbonyl (C=O) groups is 1. The number of nitro groups is 1. The third kappa shape index (κ3) is 5.37. The van der Waals surface area contributed by atoms with Crippen molar-refractivity contribution in [2.75, 3.05) is 13.1 Å². The predicted octanol–water partition coefficient (Wildman–Crippen LogP) is 2.30. The molecule has 31 heavy (non-hydrogen) atoms. The lowest BCUT2D eigenvalue weighted by atomic mass is 10.1. The van der Waals surface area contributed by atoms with Gasteiger partial charge in [-0.15, -0.1) is 17.9 Å². The Morgan fingerprint density at radius 3 is 2.71 bits per heavy atom. The smallest absolute Gasteiger partial charge is 0.270 e. The number of sulfone groups is 1. The van der Waals surface area contributed by atoms with Crippen molar-refractivity contribution in [2.45, 2.75) is 35.0 Å². The Balaban J connectivity index is 1.67. The van der Waals surface area contributed by atoms with Crippen LogP contribution in [0.2, 0.25) is 0 Å². The van der Waals surface area contributed by atoms with Crippen LogP contribution in [0.4, 0.5) is 5.69 Å². The van der Waals surface area contributed by atoms with Crippen LogP contribution >= 0.6 is 11.3 Å². The summed E-state index contributed by atoms with van der Waals surface area (Å²) < 4.78 is 26.5. The van der Waals surface area contributed by atoms with Crippen molar-refractivity contribution >= 4 is 32.8 Å². The summed E-state index contributed by atoms with van der Waals surface area (Å²) in [6, 6.07) is 8.68. The summed E-state index contributed by atoms with van der Waals surface area (Å²) in [7, 11) is -3.66. The van der Waals surface area contributed by atoms with Crippen LogP contribution in [-0.2, 0) is 16.4 Å². The monoisotopic (exact) mass is 464 g/mol. The van der Waals surface area contributed by atoms with Crippen molar-refractivity contribution in [1.82, 2.24) is 10.2 Å². The third-order valence-electron chi connectivity index (χ3n) is 5.11. The molecule has 1 aliphatic rings. The molecule has 2 aromatic rings. The highest BCUT2D eigenvalue weighted by molar-refractivity contribution is 7.94. The maximum Gasteiger partial charge on any atom is 0.270 e. The first kappa shape index (κ1) is 23.1. The largest absolute Gasteiger partial charge is 0.347 e. The minimum absolute atomic E-state index is 0.0902. The fourth-order valence-corrected chi connectivity index (χ4v) is 6.51. The molecule has 1 fully saturated rings. The molecule has 166 valence electrons. The zero-order valence-electron chi connectivity index (χ0n) is 16.8. The first-order valence-electron chi connectivity index (χ1n) is 9.70. The molecular formula is C20H24N4O5S2. The highest BCUT2D eigenvalue weighted by Crippen LogP contribution is 2.28. The van der Waals surface area contributed by atoms with Gasteiger partial charge in [0.25, 0.3) is 11.6 Å². The molecule has 0 aliphatic carbocycles. The van der Waals surface area contributed by atoms with Gasteiger partial charge in [-0.1, -0.05) is 12.1 Å². The van der Waals surface area contributed by atoms with Crippen LogP contribution < -0.4 is 11.1 Å². The normalized spacial score (nSPS) is 16.5. The summed E-state index contributed by atoms with van der Waals surface area (Å²) in [6.07, 6.45) is 2.91. The number of nitro benzene ring substituents is 1. The van der Waals surface area contributed by atoms with Crippen LogP contribution in [-0.4, -0.2) is 48.7 Å². The molecule has 3 N–H and O–H groups in total. The number of thiophene rings is 1. The molecule has 11 heteroatoms. The van der Waals surface area contributed by atoms with E-state index in [9.17, 15) is 23.3 Å². The molecule has 1 amide bonds. The van der Waals surface area contributed by atoms with E-state index >= 15 is 0 Å². The summed E-state index contributed by atoms with van der Waals surface area (Å²) in [5.74, 6) is -0.477. The van der Waals surface area contributed by atoms with E-state index in [1.807, 2.05) is 4.90 Å². The first-order chi connectivity index (χ1) is 14.7. The lowest BCUT2D eigenvalue weighted by Gasteiger charge is -2.34. The van der Waals surface area contributed by atoms with Crippen molar-refractivity contribution in [3.63, 3.8) is 0 Å². The van der Waals surface area contributed by atoms with E-state index in [1.54, 1.807) is 6.07 Å². The number of amides is 1. The lowest BCUT2D eigenvalue weighted by molar-refractivity contribution is -0.384. The highest BCUT2D eigenvalue weighted by atomic mass is 32.2. The van der Waals surface area contributed by atoms with Gasteiger partial charge < -0.3 is 11.1 Å². The lowest BCUT2D eigenvalue weighted by Crippen LogP contribution is -2.47. The van der Waals surface area contributed by atoms with E-state index in [-0.39, 0.29) is 28.0 Å². The number of likely N-dealkylation sites (tertiary alicyclic amines) is 1. The van der Waals surface area contributed by atoms with Gasteiger partial charge in [0.2, 0.25) is 9.84 Å². The second-order valence-corrected chi connectivity index (χ2v) is 10.7. The van der Waals surface area contributed by atoms with Gasteiger partial charge in [0.1, 0.15) is 9.58 Å². The molecule has 1 aromatic carbocycles. The van der Waals surface area contributed by atoms with Crippen LogP contribution in [0.5, 0.6) is 0 Å². The Kier molecular flexibility index (Phi) is 7.21. The van der Waals surface area contributed by atoms with Crippen molar-refractivity contribution in [3.8, 4) is 0 Å². The van der Waals surface area contributed by atoms with E-state index in [0.29, 0.717) is 18.0 Å². The van der Waals surface area contributed by atoms with Gasteiger partial charge in [-0.25, -0.2) is 8.42 Å². The fourth-order valence-electron chi connectivity index (χ4n) is 3.40. The second-order valence-electron chi connectivity index (χ2n) is 7.26. The molecule has 0 spiro atoms. The number of nitrogens with one attached hydrogen (secondary N) is 1. The number of hydrogen-bond donors (Lipinski definition) is 2. The van der Waals surface area contributed by atoms with E-state index < -0.39 is 26.0 Å². The van der Waals surface area contributed by atoms with Gasteiger partial charge in [0, 0.05) is 41.7 Å². The summed E-state index contributed by atoms with van der Waals surface area (Å²) in [5, 5.41) is 12.7. The number of nitrogens with two attached hydrogens (primary N) is 1. The van der Waals surface area contributed by atoms with Gasteiger partial charge in [-0.05, 0) is 31.0 Å². The maximum atomic E-state index is 13.1. The molecule has 1 aliphatic heterocycles. The minimum Gasteiger partial charge on any atom is -0.347 e. The van der Waals surface area contributed by atoms with E-state index in [0.717, 1.165) is 24.2 Å². The van der Waals surface area contributed by atoms with Crippen molar-refractivity contribution in [3.05, 3.63) is 69.6 Å². The number of non-ortho nitro benzene ring substituents is 1. The topological polar surface area (TPSA) is 136 Å². The molecule has 3 rings (SSSR count). The summed E-state index contributed by atoms with van der Waals surface area (Å²) in [4.78, 5) is 25.1. The average Bonchev–Trinajstić information content (AvgIpc) is 3.24. The number of hydrogen-bond acceptors (Lipinski definition) is 8. The van der Waals surface area contributed by atoms with Crippen LogP contribution in [0.25, 0.3) is 0 Å². The van der Waals surface area contributed by atoms with Crippen molar-refractivity contribution < 1.29 is 18.1 Å². The van der Waals surface area contributed by atoms with Crippen molar-refractivity contribution in [1.29, 1.82) is 0 Å². The van der Waals surface area contributed by atoms with Gasteiger partial charge in [0.05, 0.1) is 11.5 Å². The second kappa shape index (κ2) is 9.69. The molecule has 1 aromatic heterocycles. The minimum atomic E-state index is -3.66. The molecule has 1 atom stereocenters. The Hall–Kier alpha value is -2.60. The molecule has 1 unspecified atom stereocenters. The SMILES string of the molecule is C=CC(N1CCC(N)CC1)S(=O)(=O)c1ccc(CNC(=O)c2cccc([N+](=O)[O-])c2)s1. The maximum absolute atomic E-state index is 13.1. The quantitative estimate of drug-likeness (QED) is 0.347. The average molecular weight is 465 g/mol. The van der Waals surface area contributed by atoms with Crippen molar-refractivity contribution in [2.24, 2.45) is 5.73 Å². The number of benzene rings is 1. The molecular weight excluding hydrogens is 440 g/mol. The molecule has 0 saturated carbocycles. The molecule has 0 radical (unpaired) electrons. The standard InChI is InChI=1S/C20H24N4O5S2/c1-2-18(23-10-8-15(21)9-11-23)31(28,29)19-7-6-17(30-19)13-22-20(25)14-4-3-5-16(12-14)24(26)27/h2-7,12,15,18H,1,8-11,13,21H2,(H,22,25). The Labute approximate surface area is 184 Å². The summed E-state index contributed by atoms with van der Waals surface area (Å²) >= 11 is 1.08. The van der Waals surface area contributed by atoms with Gasteiger partial charge in [-0.3, -0.25) is 19.8 Å². The molecule has 9 nitrogen and oxygen atoms in total. The van der Waals surface area contributed by atoms with E-state index in [4.69, 9.17) is 5.73 Å². The molecule has 2 heterocycles. The number of piperidine rings is 1. The van der Waals surface area contributed by atoms with E-state index in [2.05, 4.69) is 11.9 Å². The number of carbonyl (C=O) groups excluding carboxylic acids is 1. The van der Waals surface area contributed by atoms with Gasteiger partial charge in [0.15, 0.2) is 0 Å². The van der Waals surface area contributed by atoms with Crippen LogP contribution in [0, 0.1) is 10.1 Å². The van der Waals surface area contributed by atoms with Gasteiger partial charge in [-0.2, -0.15) is 0 Å². The molecule has 0 bridgehead atoms. The summed E-state index contributed by atoms with van der Waals surface area (Å²) in [5.41, 5.74) is 5.90. The Bertz CT molecular complexity index is 1070. The summed E-state index contributed by atoms with van der Waals surface area (Å²) in [6.45, 7) is 5.01. The number of nitrogens with zero attached hydrogens (tertiary/aromatic N) is 2. The predicted molar refractivity (Wildman–Crippen MR) is 119 cm³/mol. The van der Waals surface area contributed by atoms with Gasteiger partial charge >= 0.3 is 0 Å². The number of rotatable bonds is 8. The van der Waals surface area contributed by atoms with Crippen LogP contribution in [0.1, 0.15) is 28.1 Å². The first-order valence-corrected chi connectivity index (χ1v) is 12.1. The van der Waals surface area contributed by atoms with Crippen LogP contribution in [0.3, 0.4) is 0 Å². The Morgan fingerprint density at radius 2 is 2.06 bits per heavy atom.